The molecule has 0 aliphatic heterocycles. The maximum atomic E-state index is 10.2. The number of aryl methyl sites for hydroxylation is 1. The maximum Gasteiger partial charge on any atom is 0.161 e. The predicted octanol–water partition coefficient (Wildman–Crippen LogP) is 6.90. The number of methoxy groups -OCH3 is 1. The van der Waals surface area contributed by atoms with E-state index >= 15 is 0 Å². The van der Waals surface area contributed by atoms with Crippen LogP contribution in [0.1, 0.15) is 5.56 Å². The summed E-state index contributed by atoms with van der Waals surface area (Å²) in [4.78, 5) is 5.16. The highest BCUT2D eigenvalue weighted by Crippen LogP contribution is 2.40. The normalized spacial score (nSPS) is 10.8. The Bertz CT molecular complexity index is 1390. The molecule has 0 fully saturated rings. The first-order valence-electron chi connectivity index (χ1n) is 10.8. The zero-order chi connectivity index (χ0) is 22.8. The van der Waals surface area contributed by atoms with Gasteiger partial charge in [-0.1, -0.05) is 78.4 Å². The summed E-state index contributed by atoms with van der Waals surface area (Å²) in [6.07, 6.45) is 0. The van der Waals surface area contributed by atoms with Crippen molar-refractivity contribution in [3.8, 4) is 51.1 Å². The van der Waals surface area contributed by atoms with Crippen molar-refractivity contribution in [2.75, 3.05) is 7.11 Å². The summed E-state index contributed by atoms with van der Waals surface area (Å²) < 4.78 is 7.57. The van der Waals surface area contributed by atoms with E-state index in [9.17, 15) is 5.11 Å². The van der Waals surface area contributed by atoms with Crippen molar-refractivity contribution in [1.29, 1.82) is 0 Å². The molecule has 0 amide bonds. The van der Waals surface area contributed by atoms with Gasteiger partial charge >= 0.3 is 0 Å². The third-order valence-corrected chi connectivity index (χ3v) is 5.70. The fraction of sp³-hybridized carbons (Fsp3) is 0.0690. The van der Waals surface area contributed by atoms with Gasteiger partial charge in [-0.05, 0) is 37.3 Å². The lowest BCUT2D eigenvalue weighted by molar-refractivity contribution is 0.373. The number of nitrogens with zero attached hydrogens (tertiary/aromatic N) is 2. The van der Waals surface area contributed by atoms with Gasteiger partial charge in [-0.2, -0.15) is 0 Å². The van der Waals surface area contributed by atoms with E-state index in [1.807, 2.05) is 48.5 Å². The Morgan fingerprint density at radius 2 is 1.36 bits per heavy atom. The van der Waals surface area contributed by atoms with Crippen LogP contribution in [-0.2, 0) is 0 Å². The largest absolute Gasteiger partial charge is 0.504 e. The Morgan fingerprint density at radius 3 is 2.00 bits per heavy atom. The smallest absolute Gasteiger partial charge is 0.161 e. The minimum atomic E-state index is 0.0984. The van der Waals surface area contributed by atoms with Gasteiger partial charge in [-0.3, -0.25) is 4.57 Å². The quantitative estimate of drug-likeness (QED) is 0.329. The number of phenolic OH excluding ortho intramolecular Hbond substituents is 1. The Labute approximate surface area is 193 Å². The van der Waals surface area contributed by atoms with Gasteiger partial charge in [0.1, 0.15) is 5.82 Å². The van der Waals surface area contributed by atoms with Gasteiger partial charge in [-0.25, -0.2) is 4.98 Å². The number of rotatable bonds is 5. The summed E-state index contributed by atoms with van der Waals surface area (Å²) in [5.41, 5.74) is 7.06. The Balaban J connectivity index is 1.88. The molecule has 0 radical (unpaired) electrons. The van der Waals surface area contributed by atoms with Crippen molar-refractivity contribution >= 4 is 0 Å². The zero-order valence-corrected chi connectivity index (χ0v) is 18.6. The molecule has 1 N–H and O–H groups in total. The second-order valence-corrected chi connectivity index (χ2v) is 7.92. The Kier molecular flexibility index (Phi) is 5.41. The van der Waals surface area contributed by atoms with E-state index in [4.69, 9.17) is 9.72 Å². The lowest BCUT2D eigenvalue weighted by Crippen LogP contribution is -2.00. The van der Waals surface area contributed by atoms with Gasteiger partial charge in [0.25, 0.3) is 0 Å². The van der Waals surface area contributed by atoms with E-state index in [0.717, 1.165) is 39.6 Å². The molecular formula is C29H24N2O2. The minimum absolute atomic E-state index is 0.0984. The van der Waals surface area contributed by atoms with Gasteiger partial charge in [0.15, 0.2) is 11.5 Å². The van der Waals surface area contributed by atoms with Crippen LogP contribution in [0.15, 0.2) is 103 Å². The second kappa shape index (κ2) is 8.67. The van der Waals surface area contributed by atoms with E-state index < -0.39 is 0 Å². The fourth-order valence-electron chi connectivity index (χ4n) is 4.04. The SMILES string of the molecule is COc1cc(-c2nc(-c3ccccc3)c(-c3ccccc3)n2-c2ccc(C)cc2)ccc1O. The number of aromatic hydroxyl groups is 1. The number of hydrogen-bond acceptors (Lipinski definition) is 3. The molecule has 0 saturated heterocycles. The number of hydrogen-bond donors (Lipinski definition) is 1. The van der Waals surface area contributed by atoms with E-state index in [1.54, 1.807) is 13.2 Å². The van der Waals surface area contributed by atoms with Gasteiger partial charge in [-0.15, -0.1) is 0 Å². The van der Waals surface area contributed by atoms with Gasteiger partial charge < -0.3 is 9.84 Å². The van der Waals surface area contributed by atoms with E-state index in [1.165, 1.54) is 5.56 Å². The van der Waals surface area contributed by atoms with Gasteiger partial charge in [0.05, 0.1) is 18.5 Å². The van der Waals surface area contributed by atoms with Crippen molar-refractivity contribution < 1.29 is 9.84 Å². The maximum absolute atomic E-state index is 10.2. The van der Waals surface area contributed by atoms with Crippen LogP contribution in [0.5, 0.6) is 11.5 Å². The van der Waals surface area contributed by atoms with Crippen molar-refractivity contribution in [2.24, 2.45) is 0 Å². The van der Waals surface area contributed by atoms with E-state index in [-0.39, 0.29) is 5.75 Å². The fourth-order valence-corrected chi connectivity index (χ4v) is 4.04. The number of phenols is 1. The highest BCUT2D eigenvalue weighted by molar-refractivity contribution is 5.84. The van der Waals surface area contributed by atoms with Crippen LogP contribution >= 0.6 is 0 Å². The molecule has 0 atom stereocenters. The molecule has 0 aliphatic carbocycles. The zero-order valence-electron chi connectivity index (χ0n) is 18.6. The summed E-state index contributed by atoms with van der Waals surface area (Å²) in [5, 5.41) is 10.2. The number of benzene rings is 4. The standard InChI is InChI=1S/C29H24N2O2/c1-20-13-16-24(17-14-20)31-28(22-11-7-4-8-12-22)27(21-9-5-3-6-10-21)30-29(31)23-15-18-25(32)26(19-23)33-2/h3-19,32H,1-2H3. The molecule has 0 spiro atoms. The molecule has 33 heavy (non-hydrogen) atoms. The summed E-state index contributed by atoms with van der Waals surface area (Å²) in [7, 11) is 1.55. The summed E-state index contributed by atoms with van der Waals surface area (Å²) in [6, 6.07) is 34.3. The van der Waals surface area contributed by atoms with E-state index in [2.05, 4.69) is 60.0 Å². The molecule has 0 aliphatic rings. The lowest BCUT2D eigenvalue weighted by Gasteiger charge is -2.14. The average molecular weight is 433 g/mol. The predicted molar refractivity (Wildman–Crippen MR) is 133 cm³/mol. The van der Waals surface area contributed by atoms with E-state index in [0.29, 0.717) is 5.75 Å². The molecule has 162 valence electrons. The van der Waals surface area contributed by atoms with Crippen LogP contribution in [-0.4, -0.2) is 21.8 Å². The molecule has 4 nitrogen and oxygen atoms in total. The summed E-state index contributed by atoms with van der Waals surface area (Å²) in [5.74, 6) is 1.28. The molecule has 4 heteroatoms. The van der Waals surface area contributed by atoms with Crippen LogP contribution in [0, 0.1) is 6.92 Å². The molecular weight excluding hydrogens is 408 g/mol. The van der Waals surface area contributed by atoms with Gasteiger partial charge in [0, 0.05) is 22.4 Å². The molecule has 4 aromatic carbocycles. The Morgan fingerprint density at radius 1 is 0.727 bits per heavy atom. The van der Waals surface area contributed by atoms with Crippen LogP contribution in [0.25, 0.3) is 39.6 Å². The monoisotopic (exact) mass is 432 g/mol. The first kappa shape index (κ1) is 20.6. The highest BCUT2D eigenvalue weighted by atomic mass is 16.5. The van der Waals surface area contributed by atoms with Crippen molar-refractivity contribution in [1.82, 2.24) is 9.55 Å². The Hall–Kier alpha value is -4.31. The van der Waals surface area contributed by atoms with Crippen molar-refractivity contribution in [3.63, 3.8) is 0 Å². The molecule has 1 aromatic heterocycles. The van der Waals surface area contributed by atoms with Crippen molar-refractivity contribution in [2.45, 2.75) is 6.92 Å². The minimum Gasteiger partial charge on any atom is -0.504 e. The molecule has 5 aromatic rings. The molecule has 0 saturated carbocycles. The third kappa shape index (κ3) is 3.87. The molecule has 0 unspecified atom stereocenters. The highest BCUT2D eigenvalue weighted by Gasteiger charge is 2.23. The topological polar surface area (TPSA) is 47.3 Å². The molecule has 5 rings (SSSR count). The number of imidazole rings is 1. The molecule has 1 heterocycles. The number of aromatic nitrogens is 2. The molecule has 0 bridgehead atoms. The first-order chi connectivity index (χ1) is 16.2. The summed E-state index contributed by atoms with van der Waals surface area (Å²) >= 11 is 0. The first-order valence-corrected chi connectivity index (χ1v) is 10.8. The summed E-state index contributed by atoms with van der Waals surface area (Å²) in [6.45, 7) is 2.08. The van der Waals surface area contributed by atoms with Crippen LogP contribution in [0.3, 0.4) is 0 Å². The van der Waals surface area contributed by atoms with Gasteiger partial charge in [0.2, 0.25) is 0 Å². The lowest BCUT2D eigenvalue weighted by atomic mass is 10.0. The second-order valence-electron chi connectivity index (χ2n) is 7.92. The van der Waals surface area contributed by atoms with Crippen molar-refractivity contribution in [3.05, 3.63) is 109 Å². The average Bonchev–Trinajstić information content (AvgIpc) is 3.26. The van der Waals surface area contributed by atoms with Crippen LogP contribution < -0.4 is 4.74 Å². The number of ether oxygens (including phenoxy) is 1. The third-order valence-electron chi connectivity index (χ3n) is 5.70. The van der Waals surface area contributed by atoms with Crippen LogP contribution in [0.4, 0.5) is 0 Å². The van der Waals surface area contributed by atoms with Crippen LogP contribution in [0.2, 0.25) is 0 Å².